The van der Waals surface area contributed by atoms with Crippen molar-refractivity contribution in [3.05, 3.63) is 34.8 Å². The van der Waals surface area contributed by atoms with Crippen molar-refractivity contribution >= 4 is 9.84 Å². The van der Waals surface area contributed by atoms with Gasteiger partial charge in [0.05, 0.1) is 16.7 Å². The highest BCUT2D eigenvalue weighted by Crippen LogP contribution is 2.41. The van der Waals surface area contributed by atoms with Crippen LogP contribution in [0.25, 0.3) is 0 Å². The first-order valence-corrected chi connectivity index (χ1v) is 6.00. The molecule has 0 heterocycles. The Morgan fingerprint density at radius 1 is 1.33 bits per heavy atom. The van der Waals surface area contributed by atoms with E-state index in [2.05, 4.69) is 6.58 Å². The van der Waals surface area contributed by atoms with Crippen LogP contribution in [0.4, 0.5) is 13.2 Å². The molecule has 0 N–H and O–H groups in total. The van der Waals surface area contributed by atoms with Crippen LogP contribution in [0.1, 0.15) is 0 Å². The minimum atomic E-state index is -5.01. The number of nitriles is 2. The molecule has 0 aromatic carbocycles. The van der Waals surface area contributed by atoms with Crippen molar-refractivity contribution in [2.45, 2.75) is 11.4 Å². The van der Waals surface area contributed by atoms with Gasteiger partial charge in [-0.3, -0.25) is 0 Å². The van der Waals surface area contributed by atoms with E-state index in [0.29, 0.717) is 11.5 Å². The molecule has 18 heavy (non-hydrogen) atoms. The van der Waals surface area contributed by atoms with Crippen LogP contribution >= 0.6 is 0 Å². The topological polar surface area (TPSA) is 81.7 Å². The summed E-state index contributed by atoms with van der Waals surface area (Å²) in [4.78, 5) is 0. The van der Waals surface area contributed by atoms with Gasteiger partial charge in [0, 0.05) is 5.41 Å². The van der Waals surface area contributed by atoms with Gasteiger partial charge in [0.2, 0.25) is 0 Å². The fraction of sp³-hybridized carbons (Fsp3) is 0.200. The smallest absolute Gasteiger partial charge is 0.223 e. The molecule has 0 bridgehead atoms. The summed E-state index contributed by atoms with van der Waals surface area (Å²) in [5, 5.41) is 15.5. The Balaban J connectivity index is 3.64. The molecule has 0 amide bonds. The standard InChI is InChI=1S/C10H5F3N2O2S/c1-2-18(16,17)8-3-6(4-14)7(5-15)9(8)10(11,12)13/h2-3,8H,1H2. The Hall–Kier alpha value is -2.06. The molecule has 94 valence electrons. The second-order valence-corrected chi connectivity index (χ2v) is 5.29. The summed E-state index contributed by atoms with van der Waals surface area (Å²) in [7, 11) is -4.31. The number of hydrogen-bond acceptors (Lipinski definition) is 4. The number of sulfone groups is 1. The maximum Gasteiger partial charge on any atom is 0.415 e. The van der Waals surface area contributed by atoms with Crippen LogP contribution in [0.2, 0.25) is 0 Å². The predicted octanol–water partition coefficient (Wildman–Crippen LogP) is 1.76. The maximum absolute atomic E-state index is 12.8. The van der Waals surface area contributed by atoms with Crippen LogP contribution in [0.15, 0.2) is 34.8 Å². The third kappa shape index (κ3) is 2.15. The molecular formula is C10H5F3N2O2S. The first-order chi connectivity index (χ1) is 8.19. The van der Waals surface area contributed by atoms with Gasteiger partial charge in [0.25, 0.3) is 0 Å². The minimum Gasteiger partial charge on any atom is -0.223 e. The number of alkyl halides is 3. The highest BCUT2D eigenvalue weighted by Gasteiger charge is 2.48. The van der Waals surface area contributed by atoms with Gasteiger partial charge in [-0.2, -0.15) is 23.7 Å². The van der Waals surface area contributed by atoms with Crippen molar-refractivity contribution in [1.29, 1.82) is 10.5 Å². The summed E-state index contributed by atoms with van der Waals surface area (Å²) in [6, 6.07) is 2.59. The minimum absolute atomic E-state index is 0.370. The van der Waals surface area contributed by atoms with Gasteiger partial charge < -0.3 is 0 Å². The Kier molecular flexibility index (Phi) is 3.36. The van der Waals surface area contributed by atoms with Crippen LogP contribution in [-0.2, 0) is 9.84 Å². The molecule has 1 rings (SSSR count). The maximum atomic E-state index is 12.8. The largest absolute Gasteiger partial charge is 0.415 e. The van der Waals surface area contributed by atoms with E-state index in [4.69, 9.17) is 10.5 Å². The molecule has 0 fully saturated rings. The zero-order chi connectivity index (χ0) is 14.1. The molecule has 1 aliphatic carbocycles. The van der Waals surface area contributed by atoms with Crippen molar-refractivity contribution in [1.82, 2.24) is 0 Å². The van der Waals surface area contributed by atoms with E-state index < -0.39 is 38.0 Å². The fourth-order valence-corrected chi connectivity index (χ4v) is 2.60. The lowest BCUT2D eigenvalue weighted by molar-refractivity contribution is -0.0926. The number of allylic oxidation sites excluding steroid dienone is 2. The molecule has 0 saturated heterocycles. The van der Waals surface area contributed by atoms with E-state index in [1.165, 1.54) is 12.1 Å². The zero-order valence-corrected chi connectivity index (χ0v) is 9.51. The first kappa shape index (κ1) is 14.0. The van der Waals surface area contributed by atoms with E-state index >= 15 is 0 Å². The molecule has 1 atom stereocenters. The summed E-state index contributed by atoms with van der Waals surface area (Å²) < 4.78 is 61.3. The van der Waals surface area contributed by atoms with Gasteiger partial charge in [-0.15, -0.1) is 0 Å². The molecule has 4 nitrogen and oxygen atoms in total. The average Bonchev–Trinajstić information content (AvgIpc) is 2.67. The van der Waals surface area contributed by atoms with E-state index in [9.17, 15) is 21.6 Å². The van der Waals surface area contributed by atoms with E-state index in [-0.39, 0.29) is 0 Å². The summed E-state index contributed by atoms with van der Waals surface area (Å²) in [6.45, 7) is 2.92. The average molecular weight is 274 g/mol. The summed E-state index contributed by atoms with van der Waals surface area (Å²) in [5.41, 5.74) is -3.10. The number of nitrogens with zero attached hydrogens (tertiary/aromatic N) is 2. The SMILES string of the molecule is C=CS(=O)(=O)C1C=C(C#N)C(C#N)=C1C(F)(F)F. The van der Waals surface area contributed by atoms with Crippen LogP contribution in [0.3, 0.4) is 0 Å². The van der Waals surface area contributed by atoms with Gasteiger partial charge in [0.1, 0.15) is 17.4 Å². The molecule has 0 aromatic rings. The summed E-state index contributed by atoms with van der Waals surface area (Å²) in [6.07, 6.45) is -4.40. The first-order valence-electron chi connectivity index (χ1n) is 4.39. The van der Waals surface area contributed by atoms with Gasteiger partial charge in [-0.25, -0.2) is 8.42 Å². The molecule has 0 aromatic heterocycles. The van der Waals surface area contributed by atoms with E-state index in [1.807, 2.05) is 0 Å². The molecule has 1 aliphatic rings. The molecule has 0 radical (unpaired) electrons. The van der Waals surface area contributed by atoms with Gasteiger partial charge in [-0.05, 0) is 6.08 Å². The normalized spacial score (nSPS) is 20.1. The van der Waals surface area contributed by atoms with Crippen molar-refractivity contribution < 1.29 is 21.6 Å². The quantitative estimate of drug-likeness (QED) is 0.768. The number of hydrogen-bond donors (Lipinski definition) is 0. The zero-order valence-electron chi connectivity index (χ0n) is 8.69. The predicted molar refractivity (Wildman–Crippen MR) is 55.3 cm³/mol. The van der Waals surface area contributed by atoms with Crippen molar-refractivity contribution in [2.24, 2.45) is 0 Å². The van der Waals surface area contributed by atoms with Gasteiger partial charge in [0.15, 0.2) is 9.84 Å². The van der Waals surface area contributed by atoms with Crippen LogP contribution in [0.5, 0.6) is 0 Å². The molecule has 0 saturated carbocycles. The summed E-state index contributed by atoms with van der Waals surface area (Å²) in [5.74, 6) is 0. The Morgan fingerprint density at radius 2 is 1.89 bits per heavy atom. The second kappa shape index (κ2) is 4.31. The van der Waals surface area contributed by atoms with E-state index in [1.54, 1.807) is 0 Å². The van der Waals surface area contributed by atoms with Crippen LogP contribution in [-0.4, -0.2) is 19.8 Å². The third-order valence-corrected chi connectivity index (χ3v) is 3.81. The van der Waals surface area contributed by atoms with Crippen molar-refractivity contribution in [3.63, 3.8) is 0 Å². The second-order valence-electron chi connectivity index (χ2n) is 3.27. The van der Waals surface area contributed by atoms with E-state index in [0.717, 1.165) is 0 Å². The molecule has 0 spiro atoms. The highest BCUT2D eigenvalue weighted by atomic mass is 32.2. The Bertz CT molecular complexity index is 642. The molecule has 8 heteroatoms. The lowest BCUT2D eigenvalue weighted by Crippen LogP contribution is -2.27. The lowest BCUT2D eigenvalue weighted by Gasteiger charge is -2.15. The molecule has 1 unspecified atom stereocenters. The highest BCUT2D eigenvalue weighted by molar-refractivity contribution is 7.95. The van der Waals surface area contributed by atoms with Crippen LogP contribution < -0.4 is 0 Å². The molecular weight excluding hydrogens is 269 g/mol. The fourth-order valence-electron chi connectivity index (χ4n) is 1.48. The van der Waals surface area contributed by atoms with Crippen molar-refractivity contribution in [3.8, 4) is 12.1 Å². The van der Waals surface area contributed by atoms with Crippen LogP contribution in [0, 0.1) is 22.7 Å². The summed E-state index contributed by atoms with van der Waals surface area (Å²) >= 11 is 0. The third-order valence-electron chi connectivity index (χ3n) is 2.27. The molecule has 0 aliphatic heterocycles. The monoisotopic (exact) mass is 274 g/mol. The Labute approximate surface area is 101 Å². The number of halogens is 3. The van der Waals surface area contributed by atoms with Gasteiger partial charge in [-0.1, -0.05) is 6.58 Å². The number of rotatable bonds is 2. The lowest BCUT2D eigenvalue weighted by atomic mass is 10.1. The van der Waals surface area contributed by atoms with Crippen molar-refractivity contribution in [2.75, 3.05) is 0 Å². The van der Waals surface area contributed by atoms with Gasteiger partial charge >= 0.3 is 6.18 Å². The Morgan fingerprint density at radius 3 is 2.22 bits per heavy atom.